The van der Waals surface area contributed by atoms with Crippen LogP contribution in [-0.4, -0.2) is 35.4 Å². The molecule has 3 rings (SSSR count). The van der Waals surface area contributed by atoms with Crippen molar-refractivity contribution in [3.8, 4) is 0 Å². The van der Waals surface area contributed by atoms with E-state index in [-0.39, 0.29) is 36.5 Å². The van der Waals surface area contributed by atoms with E-state index in [1.54, 1.807) is 12.1 Å². The molecule has 1 saturated heterocycles. The third-order valence-corrected chi connectivity index (χ3v) is 5.12. The molecule has 8 heteroatoms. The summed E-state index contributed by atoms with van der Waals surface area (Å²) in [5, 5.41) is 2.69. The Morgan fingerprint density at radius 3 is 2.48 bits per heavy atom. The standard InChI is InChI=1S/C17H20FN3OS.2ClH/c18-14-3-1-12(2-4-14)9-16-20-15(11-23-16)17(22)21-7-5-13(10-19)6-8-21;;/h1-4,11,13H,5-10,19H2;2*1H. The normalized spacial score (nSPS) is 14.6. The van der Waals surface area contributed by atoms with Gasteiger partial charge in [0.05, 0.1) is 5.01 Å². The number of likely N-dealkylation sites (tertiary alicyclic amines) is 1. The largest absolute Gasteiger partial charge is 0.337 e. The molecule has 1 amide bonds. The van der Waals surface area contributed by atoms with Gasteiger partial charge in [-0.05, 0) is 43.0 Å². The Morgan fingerprint density at radius 2 is 1.88 bits per heavy atom. The number of carbonyl (C=O) groups excluding carboxylic acids is 1. The number of nitrogens with two attached hydrogens (primary N) is 1. The first-order chi connectivity index (χ1) is 11.2. The number of aromatic nitrogens is 1. The first kappa shape index (κ1) is 21.8. The van der Waals surface area contributed by atoms with Gasteiger partial charge in [0.2, 0.25) is 0 Å². The van der Waals surface area contributed by atoms with Crippen LogP contribution in [0.25, 0.3) is 0 Å². The van der Waals surface area contributed by atoms with Crippen molar-refractivity contribution in [1.29, 1.82) is 0 Å². The lowest BCUT2D eigenvalue weighted by molar-refractivity contribution is 0.0688. The molecule has 25 heavy (non-hydrogen) atoms. The van der Waals surface area contributed by atoms with Crippen molar-refractivity contribution in [3.63, 3.8) is 0 Å². The fourth-order valence-corrected chi connectivity index (χ4v) is 3.60. The summed E-state index contributed by atoms with van der Waals surface area (Å²) in [5.41, 5.74) is 7.19. The van der Waals surface area contributed by atoms with Crippen molar-refractivity contribution >= 4 is 42.1 Å². The smallest absolute Gasteiger partial charge is 0.273 e. The van der Waals surface area contributed by atoms with Gasteiger partial charge in [-0.3, -0.25) is 4.79 Å². The van der Waals surface area contributed by atoms with E-state index in [1.807, 2.05) is 10.3 Å². The van der Waals surface area contributed by atoms with Crippen LogP contribution in [0.2, 0.25) is 0 Å². The van der Waals surface area contributed by atoms with E-state index in [9.17, 15) is 9.18 Å². The molecule has 0 bridgehead atoms. The number of amides is 1. The third-order valence-electron chi connectivity index (χ3n) is 4.27. The molecule has 2 aromatic rings. The predicted octanol–water partition coefficient (Wildman–Crippen LogP) is 3.53. The highest BCUT2D eigenvalue weighted by atomic mass is 35.5. The van der Waals surface area contributed by atoms with E-state index in [1.165, 1.54) is 23.5 Å². The highest BCUT2D eigenvalue weighted by Crippen LogP contribution is 2.20. The molecule has 1 aliphatic heterocycles. The summed E-state index contributed by atoms with van der Waals surface area (Å²) in [6.45, 7) is 2.21. The highest BCUT2D eigenvalue weighted by Gasteiger charge is 2.24. The summed E-state index contributed by atoms with van der Waals surface area (Å²) in [6, 6.07) is 6.37. The van der Waals surface area contributed by atoms with Crippen molar-refractivity contribution in [1.82, 2.24) is 9.88 Å². The lowest BCUT2D eigenvalue weighted by Gasteiger charge is -2.30. The number of carbonyl (C=O) groups is 1. The van der Waals surface area contributed by atoms with Gasteiger partial charge in [0, 0.05) is 24.9 Å². The first-order valence-corrected chi connectivity index (χ1v) is 8.72. The van der Waals surface area contributed by atoms with Crippen molar-refractivity contribution in [2.75, 3.05) is 19.6 Å². The molecule has 1 aliphatic rings. The minimum atomic E-state index is -0.246. The van der Waals surface area contributed by atoms with E-state index < -0.39 is 0 Å². The van der Waals surface area contributed by atoms with Gasteiger partial charge < -0.3 is 10.6 Å². The summed E-state index contributed by atoms with van der Waals surface area (Å²) in [5.74, 6) is 0.287. The topological polar surface area (TPSA) is 59.2 Å². The number of hydrogen-bond donors (Lipinski definition) is 1. The Morgan fingerprint density at radius 1 is 1.24 bits per heavy atom. The second-order valence-corrected chi connectivity index (χ2v) is 6.84. The van der Waals surface area contributed by atoms with Gasteiger partial charge in [-0.2, -0.15) is 0 Å². The number of rotatable bonds is 4. The predicted molar refractivity (Wildman–Crippen MR) is 103 cm³/mol. The van der Waals surface area contributed by atoms with Gasteiger partial charge in [-0.25, -0.2) is 9.37 Å². The maximum Gasteiger partial charge on any atom is 0.273 e. The van der Waals surface area contributed by atoms with Gasteiger partial charge in [0.15, 0.2) is 0 Å². The minimum Gasteiger partial charge on any atom is -0.337 e. The molecular formula is C17H22Cl2FN3OS. The van der Waals surface area contributed by atoms with Crippen LogP contribution in [0.4, 0.5) is 4.39 Å². The maximum atomic E-state index is 12.9. The van der Waals surface area contributed by atoms with Crippen LogP contribution < -0.4 is 5.73 Å². The van der Waals surface area contributed by atoms with E-state index in [2.05, 4.69) is 4.98 Å². The Hall–Kier alpha value is -1.21. The Labute approximate surface area is 163 Å². The number of halogens is 3. The monoisotopic (exact) mass is 405 g/mol. The van der Waals surface area contributed by atoms with Crippen molar-refractivity contribution in [3.05, 3.63) is 51.7 Å². The fraction of sp³-hybridized carbons (Fsp3) is 0.412. The van der Waals surface area contributed by atoms with Crippen LogP contribution in [0.1, 0.15) is 33.9 Å². The molecule has 0 unspecified atom stereocenters. The van der Waals surface area contributed by atoms with Crippen LogP contribution >= 0.6 is 36.2 Å². The summed E-state index contributed by atoms with van der Waals surface area (Å²) < 4.78 is 12.9. The average molecular weight is 406 g/mol. The molecule has 0 spiro atoms. The number of hydrogen-bond acceptors (Lipinski definition) is 4. The van der Waals surface area contributed by atoms with E-state index in [4.69, 9.17) is 5.73 Å². The number of piperidine rings is 1. The highest BCUT2D eigenvalue weighted by molar-refractivity contribution is 7.09. The van der Waals surface area contributed by atoms with Crippen LogP contribution in [0, 0.1) is 11.7 Å². The molecule has 0 aliphatic carbocycles. The Kier molecular flexibility index (Phi) is 8.79. The second kappa shape index (κ2) is 10.1. The summed E-state index contributed by atoms with van der Waals surface area (Å²) in [7, 11) is 0. The molecular weight excluding hydrogens is 384 g/mol. The summed E-state index contributed by atoms with van der Waals surface area (Å²) in [6.07, 6.45) is 2.55. The van der Waals surface area contributed by atoms with E-state index >= 15 is 0 Å². The average Bonchev–Trinajstić information content (AvgIpc) is 3.05. The number of nitrogens with zero attached hydrogens (tertiary/aromatic N) is 2. The van der Waals surface area contributed by atoms with Gasteiger partial charge in [-0.1, -0.05) is 12.1 Å². The van der Waals surface area contributed by atoms with Gasteiger partial charge in [0.25, 0.3) is 5.91 Å². The maximum absolute atomic E-state index is 12.9. The number of thiazole rings is 1. The van der Waals surface area contributed by atoms with E-state index in [0.717, 1.165) is 36.5 Å². The molecule has 1 aromatic carbocycles. The Balaban J connectivity index is 0.00000156. The van der Waals surface area contributed by atoms with Crippen LogP contribution in [0.3, 0.4) is 0 Å². The van der Waals surface area contributed by atoms with Crippen LogP contribution in [0.15, 0.2) is 29.6 Å². The molecule has 2 heterocycles. The SMILES string of the molecule is Cl.Cl.NCC1CCN(C(=O)c2csc(Cc3ccc(F)cc3)n2)CC1. The molecule has 4 nitrogen and oxygen atoms in total. The van der Waals surface area contributed by atoms with Crippen molar-refractivity contribution in [2.45, 2.75) is 19.3 Å². The Bertz CT molecular complexity index is 673. The first-order valence-electron chi connectivity index (χ1n) is 7.84. The van der Waals surface area contributed by atoms with Crippen molar-refractivity contribution < 1.29 is 9.18 Å². The summed E-state index contributed by atoms with van der Waals surface area (Å²) in [4.78, 5) is 18.8. The summed E-state index contributed by atoms with van der Waals surface area (Å²) >= 11 is 1.47. The number of benzene rings is 1. The fourth-order valence-electron chi connectivity index (χ4n) is 2.80. The van der Waals surface area contributed by atoms with Gasteiger partial charge in [-0.15, -0.1) is 36.2 Å². The lowest BCUT2D eigenvalue weighted by atomic mass is 9.97. The minimum absolute atomic E-state index is 0. The van der Waals surface area contributed by atoms with E-state index in [0.29, 0.717) is 24.6 Å². The van der Waals surface area contributed by atoms with Gasteiger partial charge >= 0.3 is 0 Å². The van der Waals surface area contributed by atoms with Crippen molar-refractivity contribution in [2.24, 2.45) is 11.7 Å². The lowest BCUT2D eigenvalue weighted by Crippen LogP contribution is -2.40. The zero-order chi connectivity index (χ0) is 16.2. The molecule has 0 atom stereocenters. The molecule has 1 fully saturated rings. The van der Waals surface area contributed by atoms with Gasteiger partial charge in [0.1, 0.15) is 11.5 Å². The molecule has 1 aromatic heterocycles. The molecule has 0 radical (unpaired) electrons. The van der Waals surface area contributed by atoms with Crippen LogP contribution in [-0.2, 0) is 6.42 Å². The third kappa shape index (κ3) is 5.64. The zero-order valence-electron chi connectivity index (χ0n) is 13.7. The molecule has 0 saturated carbocycles. The van der Waals surface area contributed by atoms with Crippen LogP contribution in [0.5, 0.6) is 0 Å². The molecule has 2 N–H and O–H groups in total. The zero-order valence-corrected chi connectivity index (χ0v) is 16.1. The molecule has 138 valence electrons. The quantitative estimate of drug-likeness (QED) is 0.845. The second-order valence-electron chi connectivity index (χ2n) is 5.90.